The van der Waals surface area contributed by atoms with E-state index in [-0.39, 0.29) is 11.6 Å². The zero-order valence-corrected chi connectivity index (χ0v) is 14.7. The highest BCUT2D eigenvalue weighted by molar-refractivity contribution is 5.55. The van der Waals surface area contributed by atoms with Crippen LogP contribution in [0.25, 0.3) is 0 Å². The molecule has 2 aromatic heterocycles. The summed E-state index contributed by atoms with van der Waals surface area (Å²) in [7, 11) is 0. The molecule has 1 aromatic carbocycles. The van der Waals surface area contributed by atoms with Gasteiger partial charge in [0.1, 0.15) is 5.82 Å². The van der Waals surface area contributed by atoms with Gasteiger partial charge >= 0.3 is 0 Å². The van der Waals surface area contributed by atoms with Crippen molar-refractivity contribution in [1.82, 2.24) is 20.2 Å². The number of hydrogen-bond donors (Lipinski definition) is 1. The minimum atomic E-state index is -1.56. The van der Waals surface area contributed by atoms with E-state index in [9.17, 15) is 13.2 Å². The topological polar surface area (TPSA) is 70.1 Å². The van der Waals surface area contributed by atoms with Gasteiger partial charge in [0.2, 0.25) is 5.95 Å². The molecule has 0 aliphatic carbocycles. The van der Waals surface area contributed by atoms with E-state index in [1.165, 1.54) is 6.20 Å². The molecule has 1 fully saturated rings. The van der Waals surface area contributed by atoms with Gasteiger partial charge in [0.25, 0.3) is 0 Å². The predicted molar refractivity (Wildman–Crippen MR) is 98.1 cm³/mol. The number of pyridine rings is 1. The van der Waals surface area contributed by atoms with Crippen LogP contribution in [0.1, 0.15) is 0 Å². The largest absolute Gasteiger partial charge is 0.353 e. The molecule has 10 heteroatoms. The van der Waals surface area contributed by atoms with Gasteiger partial charge in [0, 0.05) is 32.4 Å². The van der Waals surface area contributed by atoms with E-state index >= 15 is 0 Å². The Labute approximate surface area is 158 Å². The smallest absolute Gasteiger partial charge is 0.249 e. The Morgan fingerprint density at radius 1 is 0.857 bits per heavy atom. The molecule has 1 N–H and O–H groups in total. The lowest BCUT2D eigenvalue weighted by molar-refractivity contribution is 0.449. The molecule has 3 heterocycles. The zero-order valence-electron chi connectivity index (χ0n) is 14.7. The molecule has 1 aliphatic heterocycles. The maximum absolute atomic E-state index is 13.8. The summed E-state index contributed by atoms with van der Waals surface area (Å²) in [5.74, 6) is -2.69. The Morgan fingerprint density at radius 3 is 2.32 bits per heavy atom. The second-order valence-electron chi connectivity index (χ2n) is 6.15. The standard InChI is InChI=1S/C18H16F3N7/c19-12-4-5-13(17(21)16(12)20)24-18-25-15(11-23-26-18)28-9-7-27(8-10-28)14-3-1-2-6-22-14/h1-6,11H,7-10H2,(H,24,25,26). The Balaban J connectivity index is 1.45. The van der Waals surface area contributed by atoms with Crippen molar-refractivity contribution >= 4 is 23.3 Å². The highest BCUT2D eigenvalue weighted by Crippen LogP contribution is 2.23. The predicted octanol–water partition coefficient (Wildman–Crippen LogP) is 2.75. The van der Waals surface area contributed by atoms with E-state index in [0.717, 1.165) is 31.0 Å². The van der Waals surface area contributed by atoms with Crippen molar-refractivity contribution in [3.05, 3.63) is 60.2 Å². The summed E-state index contributed by atoms with van der Waals surface area (Å²) in [6, 6.07) is 7.68. The van der Waals surface area contributed by atoms with Crippen LogP contribution in [0, 0.1) is 17.5 Å². The van der Waals surface area contributed by atoms with Gasteiger partial charge in [-0.15, -0.1) is 5.10 Å². The van der Waals surface area contributed by atoms with E-state index in [1.807, 2.05) is 23.1 Å². The molecule has 3 aromatic rings. The molecule has 28 heavy (non-hydrogen) atoms. The number of piperazine rings is 1. The van der Waals surface area contributed by atoms with Crippen LogP contribution in [-0.2, 0) is 0 Å². The molecule has 0 unspecified atom stereocenters. The average molecular weight is 387 g/mol. The van der Waals surface area contributed by atoms with Gasteiger partial charge in [-0.05, 0) is 24.3 Å². The quantitative estimate of drug-likeness (QED) is 0.691. The number of benzene rings is 1. The molecular weight excluding hydrogens is 371 g/mol. The first-order valence-electron chi connectivity index (χ1n) is 8.63. The third-order valence-corrected chi connectivity index (χ3v) is 4.40. The summed E-state index contributed by atoms with van der Waals surface area (Å²) in [6.07, 6.45) is 3.26. The van der Waals surface area contributed by atoms with Crippen molar-refractivity contribution in [2.75, 3.05) is 41.3 Å². The number of aromatic nitrogens is 4. The minimum absolute atomic E-state index is 0.00503. The van der Waals surface area contributed by atoms with Gasteiger partial charge in [-0.3, -0.25) is 0 Å². The third kappa shape index (κ3) is 3.66. The van der Waals surface area contributed by atoms with Gasteiger partial charge in [-0.2, -0.15) is 10.1 Å². The summed E-state index contributed by atoms with van der Waals surface area (Å²) in [4.78, 5) is 12.8. The van der Waals surface area contributed by atoms with Crippen LogP contribution in [-0.4, -0.2) is 46.3 Å². The minimum Gasteiger partial charge on any atom is -0.353 e. The van der Waals surface area contributed by atoms with Crippen LogP contribution in [0.5, 0.6) is 0 Å². The van der Waals surface area contributed by atoms with Gasteiger partial charge in [0.05, 0.1) is 11.9 Å². The Hall–Kier alpha value is -3.43. The molecule has 144 valence electrons. The summed E-state index contributed by atoms with van der Waals surface area (Å²) >= 11 is 0. The number of nitrogens with zero attached hydrogens (tertiary/aromatic N) is 6. The zero-order chi connectivity index (χ0) is 19.5. The first kappa shape index (κ1) is 18.0. The van der Waals surface area contributed by atoms with Crippen molar-refractivity contribution in [2.45, 2.75) is 0 Å². The van der Waals surface area contributed by atoms with Crippen LogP contribution in [0.3, 0.4) is 0 Å². The Morgan fingerprint density at radius 2 is 1.61 bits per heavy atom. The Bertz CT molecular complexity index is 963. The fraction of sp³-hybridized carbons (Fsp3) is 0.222. The van der Waals surface area contributed by atoms with Gasteiger partial charge in [-0.1, -0.05) is 6.07 Å². The fourth-order valence-electron chi connectivity index (χ4n) is 2.95. The van der Waals surface area contributed by atoms with Crippen molar-refractivity contribution in [3.8, 4) is 0 Å². The van der Waals surface area contributed by atoms with Gasteiger partial charge in [-0.25, -0.2) is 18.2 Å². The van der Waals surface area contributed by atoms with E-state index in [1.54, 1.807) is 6.20 Å². The molecule has 7 nitrogen and oxygen atoms in total. The lowest BCUT2D eigenvalue weighted by Crippen LogP contribution is -2.47. The second kappa shape index (κ2) is 7.67. The number of hydrogen-bond acceptors (Lipinski definition) is 7. The van der Waals surface area contributed by atoms with E-state index < -0.39 is 17.5 Å². The van der Waals surface area contributed by atoms with Crippen molar-refractivity contribution in [2.24, 2.45) is 0 Å². The van der Waals surface area contributed by atoms with Gasteiger partial charge < -0.3 is 15.1 Å². The van der Waals surface area contributed by atoms with E-state index in [2.05, 4.69) is 30.4 Å². The molecule has 0 atom stereocenters. The van der Waals surface area contributed by atoms with E-state index in [0.29, 0.717) is 18.9 Å². The monoisotopic (exact) mass is 387 g/mol. The summed E-state index contributed by atoms with van der Waals surface area (Å²) in [5, 5.41) is 10.2. The summed E-state index contributed by atoms with van der Waals surface area (Å²) in [6.45, 7) is 2.88. The molecule has 0 amide bonds. The lowest BCUT2D eigenvalue weighted by Gasteiger charge is -2.35. The number of nitrogens with one attached hydrogen (secondary N) is 1. The van der Waals surface area contributed by atoms with Crippen LogP contribution in [0.15, 0.2) is 42.7 Å². The molecule has 4 rings (SSSR count). The molecular formula is C18H16F3N7. The molecule has 1 aliphatic rings. The van der Waals surface area contributed by atoms with Crippen molar-refractivity contribution in [1.29, 1.82) is 0 Å². The van der Waals surface area contributed by atoms with Crippen LogP contribution >= 0.6 is 0 Å². The fourth-order valence-corrected chi connectivity index (χ4v) is 2.95. The molecule has 0 spiro atoms. The second-order valence-corrected chi connectivity index (χ2v) is 6.15. The normalized spacial score (nSPS) is 14.2. The Kier molecular flexibility index (Phi) is 4.92. The van der Waals surface area contributed by atoms with Crippen LogP contribution < -0.4 is 15.1 Å². The first-order valence-corrected chi connectivity index (χ1v) is 8.63. The highest BCUT2D eigenvalue weighted by Gasteiger charge is 2.20. The lowest BCUT2D eigenvalue weighted by atomic mass is 10.3. The van der Waals surface area contributed by atoms with Crippen LogP contribution in [0.2, 0.25) is 0 Å². The third-order valence-electron chi connectivity index (χ3n) is 4.40. The number of anilines is 4. The molecule has 0 radical (unpaired) electrons. The SMILES string of the molecule is Fc1ccc(Nc2nncc(N3CCN(c4ccccn4)CC3)n2)c(F)c1F. The maximum Gasteiger partial charge on any atom is 0.249 e. The first-order chi connectivity index (χ1) is 13.6. The molecule has 0 saturated carbocycles. The van der Waals surface area contributed by atoms with Crippen LogP contribution in [0.4, 0.5) is 36.4 Å². The van der Waals surface area contributed by atoms with E-state index in [4.69, 9.17) is 0 Å². The number of halogens is 3. The maximum atomic E-state index is 13.8. The van der Waals surface area contributed by atoms with Crippen molar-refractivity contribution < 1.29 is 13.2 Å². The summed E-state index contributed by atoms with van der Waals surface area (Å²) < 4.78 is 40.3. The molecule has 0 bridgehead atoms. The molecule has 1 saturated heterocycles. The van der Waals surface area contributed by atoms with Gasteiger partial charge in [0.15, 0.2) is 23.3 Å². The summed E-state index contributed by atoms with van der Waals surface area (Å²) in [5.41, 5.74) is -0.266. The highest BCUT2D eigenvalue weighted by atomic mass is 19.2. The average Bonchev–Trinajstić information content (AvgIpc) is 2.75. The number of rotatable bonds is 4. The van der Waals surface area contributed by atoms with Crippen molar-refractivity contribution in [3.63, 3.8) is 0 Å².